The summed E-state index contributed by atoms with van der Waals surface area (Å²) >= 11 is 0. The fourth-order valence-corrected chi connectivity index (χ4v) is 1.33. The van der Waals surface area contributed by atoms with Gasteiger partial charge in [-0.2, -0.15) is 0 Å². The van der Waals surface area contributed by atoms with Gasteiger partial charge in [-0.3, -0.25) is 9.59 Å². The zero-order chi connectivity index (χ0) is 15.7. The van der Waals surface area contributed by atoms with Crippen molar-refractivity contribution in [1.29, 1.82) is 0 Å². The van der Waals surface area contributed by atoms with Gasteiger partial charge in [0.05, 0.1) is 13.0 Å². The third-order valence-electron chi connectivity index (χ3n) is 2.63. The van der Waals surface area contributed by atoms with E-state index in [2.05, 4.69) is 10.1 Å². The Hall–Kier alpha value is -1.59. The normalized spacial score (nSPS) is 12.2. The van der Waals surface area contributed by atoms with E-state index < -0.39 is 18.0 Å². The molecule has 0 aromatic rings. The topological polar surface area (TPSA) is 81.7 Å². The fourth-order valence-electron chi connectivity index (χ4n) is 1.33. The van der Waals surface area contributed by atoms with Crippen molar-refractivity contribution in [3.05, 3.63) is 0 Å². The quantitative estimate of drug-likeness (QED) is 0.680. The standard InChI is InChI=1S/C14H25NO5/c1-9(2)6-7-12(16)15-11(14(18)19-5)8-20-13(17)10(3)4/h9-11H,6-8H2,1-5H3,(H,15,16). The van der Waals surface area contributed by atoms with Crippen molar-refractivity contribution in [3.8, 4) is 0 Å². The van der Waals surface area contributed by atoms with Crippen LogP contribution in [-0.2, 0) is 23.9 Å². The number of hydrogen-bond acceptors (Lipinski definition) is 5. The van der Waals surface area contributed by atoms with Gasteiger partial charge in [-0.15, -0.1) is 0 Å². The number of ether oxygens (including phenoxy) is 2. The van der Waals surface area contributed by atoms with Gasteiger partial charge >= 0.3 is 11.9 Å². The lowest BCUT2D eigenvalue weighted by Crippen LogP contribution is -2.45. The highest BCUT2D eigenvalue weighted by atomic mass is 16.5. The van der Waals surface area contributed by atoms with Crippen molar-refractivity contribution in [2.24, 2.45) is 11.8 Å². The summed E-state index contributed by atoms with van der Waals surface area (Å²) in [6.45, 7) is 7.19. The average Bonchev–Trinajstić information content (AvgIpc) is 2.39. The smallest absolute Gasteiger partial charge is 0.331 e. The van der Waals surface area contributed by atoms with Gasteiger partial charge in [0, 0.05) is 6.42 Å². The van der Waals surface area contributed by atoms with Gasteiger partial charge in [0.25, 0.3) is 0 Å². The largest absolute Gasteiger partial charge is 0.467 e. The number of esters is 2. The maximum absolute atomic E-state index is 11.7. The fraction of sp³-hybridized carbons (Fsp3) is 0.786. The van der Waals surface area contributed by atoms with Gasteiger partial charge < -0.3 is 14.8 Å². The Morgan fingerprint density at radius 3 is 2.10 bits per heavy atom. The van der Waals surface area contributed by atoms with E-state index in [0.29, 0.717) is 12.3 Å². The van der Waals surface area contributed by atoms with E-state index >= 15 is 0 Å². The van der Waals surface area contributed by atoms with Crippen molar-refractivity contribution in [2.75, 3.05) is 13.7 Å². The summed E-state index contributed by atoms with van der Waals surface area (Å²) in [5, 5.41) is 2.53. The zero-order valence-electron chi connectivity index (χ0n) is 12.9. The zero-order valence-corrected chi connectivity index (χ0v) is 12.9. The molecule has 0 heterocycles. The van der Waals surface area contributed by atoms with E-state index in [9.17, 15) is 14.4 Å². The first-order valence-corrected chi connectivity index (χ1v) is 6.81. The molecule has 0 spiro atoms. The highest BCUT2D eigenvalue weighted by Gasteiger charge is 2.24. The number of carbonyl (C=O) groups is 3. The summed E-state index contributed by atoms with van der Waals surface area (Å²) in [5.41, 5.74) is 0. The molecule has 0 radical (unpaired) electrons. The van der Waals surface area contributed by atoms with Gasteiger partial charge in [0.15, 0.2) is 6.04 Å². The van der Waals surface area contributed by atoms with Crippen molar-refractivity contribution < 1.29 is 23.9 Å². The maximum atomic E-state index is 11.7. The molecule has 0 aliphatic heterocycles. The molecule has 6 nitrogen and oxygen atoms in total. The number of amides is 1. The number of carbonyl (C=O) groups excluding carboxylic acids is 3. The minimum Gasteiger partial charge on any atom is -0.467 e. The van der Waals surface area contributed by atoms with Crippen LogP contribution in [0.3, 0.4) is 0 Å². The molecule has 0 saturated heterocycles. The number of nitrogens with one attached hydrogen (secondary N) is 1. The van der Waals surface area contributed by atoms with Crippen LogP contribution in [0.4, 0.5) is 0 Å². The lowest BCUT2D eigenvalue weighted by Gasteiger charge is -2.17. The summed E-state index contributed by atoms with van der Waals surface area (Å²) in [5.74, 6) is -1.19. The van der Waals surface area contributed by atoms with Crippen molar-refractivity contribution in [2.45, 2.75) is 46.6 Å². The molecular weight excluding hydrogens is 262 g/mol. The van der Waals surface area contributed by atoms with E-state index in [1.54, 1.807) is 13.8 Å². The van der Waals surface area contributed by atoms with Crippen LogP contribution in [0.25, 0.3) is 0 Å². The van der Waals surface area contributed by atoms with Crippen LogP contribution in [0.1, 0.15) is 40.5 Å². The van der Waals surface area contributed by atoms with Gasteiger partial charge in [-0.25, -0.2) is 4.79 Å². The van der Waals surface area contributed by atoms with Gasteiger partial charge in [-0.05, 0) is 12.3 Å². The first-order valence-electron chi connectivity index (χ1n) is 6.81. The van der Waals surface area contributed by atoms with Crippen LogP contribution in [0, 0.1) is 11.8 Å². The Labute approximate surface area is 120 Å². The van der Waals surface area contributed by atoms with Crippen molar-refractivity contribution in [3.63, 3.8) is 0 Å². The minimum atomic E-state index is -0.956. The average molecular weight is 287 g/mol. The Kier molecular flexibility index (Phi) is 8.59. The molecule has 0 aromatic heterocycles. The molecule has 0 saturated carbocycles. The lowest BCUT2D eigenvalue weighted by atomic mass is 10.1. The van der Waals surface area contributed by atoms with Gasteiger partial charge in [-0.1, -0.05) is 27.7 Å². The molecule has 0 aliphatic rings. The Balaban J connectivity index is 4.39. The van der Waals surface area contributed by atoms with E-state index in [1.807, 2.05) is 13.8 Å². The monoisotopic (exact) mass is 287 g/mol. The van der Waals surface area contributed by atoms with E-state index in [4.69, 9.17) is 4.74 Å². The lowest BCUT2D eigenvalue weighted by molar-refractivity contribution is -0.154. The number of hydrogen-bond donors (Lipinski definition) is 1. The number of methoxy groups -OCH3 is 1. The van der Waals surface area contributed by atoms with Crippen LogP contribution in [-0.4, -0.2) is 37.6 Å². The summed E-state index contributed by atoms with van der Waals surface area (Å²) in [7, 11) is 1.22. The third-order valence-corrected chi connectivity index (χ3v) is 2.63. The van der Waals surface area contributed by atoms with Crippen LogP contribution >= 0.6 is 0 Å². The van der Waals surface area contributed by atoms with Crippen molar-refractivity contribution in [1.82, 2.24) is 5.32 Å². The summed E-state index contributed by atoms with van der Waals surface area (Å²) < 4.78 is 9.55. The SMILES string of the molecule is COC(=O)C(COC(=O)C(C)C)NC(=O)CCC(C)C. The predicted molar refractivity (Wildman–Crippen MR) is 73.8 cm³/mol. The first-order chi connectivity index (χ1) is 9.27. The molecule has 1 N–H and O–H groups in total. The minimum absolute atomic E-state index is 0.211. The Morgan fingerprint density at radius 1 is 1.05 bits per heavy atom. The highest BCUT2D eigenvalue weighted by Crippen LogP contribution is 2.04. The van der Waals surface area contributed by atoms with E-state index in [1.165, 1.54) is 7.11 Å². The van der Waals surface area contributed by atoms with Gasteiger partial charge in [0.1, 0.15) is 6.61 Å². The molecule has 116 valence electrons. The van der Waals surface area contributed by atoms with E-state index in [-0.39, 0.29) is 18.4 Å². The summed E-state index contributed by atoms with van der Waals surface area (Å²) in [6, 6.07) is -0.956. The third kappa shape index (κ3) is 7.76. The summed E-state index contributed by atoms with van der Waals surface area (Å²) in [4.78, 5) is 34.6. The second-order valence-electron chi connectivity index (χ2n) is 5.36. The maximum Gasteiger partial charge on any atom is 0.331 e. The number of rotatable bonds is 8. The second-order valence-corrected chi connectivity index (χ2v) is 5.36. The predicted octanol–water partition coefficient (Wildman–Crippen LogP) is 1.28. The van der Waals surface area contributed by atoms with Crippen LogP contribution in [0.2, 0.25) is 0 Å². The van der Waals surface area contributed by atoms with Crippen molar-refractivity contribution >= 4 is 17.8 Å². The molecular formula is C14H25NO5. The Morgan fingerprint density at radius 2 is 1.65 bits per heavy atom. The van der Waals surface area contributed by atoms with Crippen LogP contribution in [0.15, 0.2) is 0 Å². The molecule has 0 aromatic carbocycles. The molecule has 0 fully saturated rings. The highest BCUT2D eigenvalue weighted by molar-refractivity contribution is 5.84. The molecule has 0 bridgehead atoms. The summed E-state index contributed by atoms with van der Waals surface area (Å²) in [6.07, 6.45) is 1.05. The van der Waals surface area contributed by atoms with Gasteiger partial charge in [0.2, 0.25) is 5.91 Å². The molecule has 20 heavy (non-hydrogen) atoms. The van der Waals surface area contributed by atoms with Crippen LogP contribution < -0.4 is 5.32 Å². The second kappa shape index (κ2) is 9.34. The van der Waals surface area contributed by atoms with Crippen LogP contribution in [0.5, 0.6) is 0 Å². The molecule has 0 aliphatic carbocycles. The van der Waals surface area contributed by atoms with E-state index in [0.717, 1.165) is 6.42 Å². The molecule has 1 amide bonds. The molecule has 6 heteroatoms. The molecule has 1 unspecified atom stereocenters. The first kappa shape index (κ1) is 18.4. The molecule has 0 rings (SSSR count). The Bertz CT molecular complexity index is 338. The molecule has 1 atom stereocenters.